The highest BCUT2D eigenvalue weighted by atomic mass is 19.1. The Morgan fingerprint density at radius 2 is 2.12 bits per heavy atom. The number of hydrogen-bond donors (Lipinski definition) is 1. The third-order valence-corrected chi connectivity index (χ3v) is 3.06. The maximum atomic E-state index is 12.8. The van der Waals surface area contributed by atoms with Gasteiger partial charge in [-0.1, -0.05) is 0 Å². The number of hydrogen-bond acceptors (Lipinski definition) is 3. The molecule has 0 aliphatic heterocycles. The molecular formula is C11H11FN4. The summed E-state index contributed by atoms with van der Waals surface area (Å²) < 4.78 is 14.7. The topological polar surface area (TPSA) is 56.7 Å². The zero-order valence-electron chi connectivity index (χ0n) is 8.60. The fourth-order valence-electron chi connectivity index (χ4n) is 2.05. The van der Waals surface area contributed by atoms with Gasteiger partial charge in [0.1, 0.15) is 11.6 Å². The molecule has 0 bridgehead atoms. The van der Waals surface area contributed by atoms with E-state index in [-0.39, 0.29) is 11.4 Å². The number of imidazole rings is 1. The van der Waals surface area contributed by atoms with Crippen LogP contribution in [-0.4, -0.2) is 14.5 Å². The molecule has 1 saturated carbocycles. The van der Waals surface area contributed by atoms with Gasteiger partial charge in [-0.3, -0.25) is 4.98 Å². The van der Waals surface area contributed by atoms with Gasteiger partial charge in [0.2, 0.25) is 0 Å². The Hall–Kier alpha value is -1.91. The maximum Gasteiger partial charge on any atom is 0.141 e. The molecule has 1 aliphatic carbocycles. The number of rotatable bonds is 2. The first-order valence-electron chi connectivity index (χ1n) is 5.13. The number of halogens is 1. The highest BCUT2D eigenvalue weighted by molar-refractivity contribution is 5.35. The second kappa shape index (κ2) is 3.04. The van der Waals surface area contributed by atoms with Gasteiger partial charge < -0.3 is 10.3 Å². The molecule has 2 heterocycles. The van der Waals surface area contributed by atoms with Crippen LogP contribution < -0.4 is 5.73 Å². The van der Waals surface area contributed by atoms with E-state index in [0.717, 1.165) is 18.5 Å². The Morgan fingerprint density at radius 1 is 1.31 bits per heavy atom. The molecule has 1 fully saturated rings. The van der Waals surface area contributed by atoms with Crippen molar-refractivity contribution in [2.45, 2.75) is 18.4 Å². The predicted molar refractivity (Wildman–Crippen MR) is 57.1 cm³/mol. The summed E-state index contributed by atoms with van der Waals surface area (Å²) >= 11 is 0. The van der Waals surface area contributed by atoms with Crippen LogP contribution in [0.15, 0.2) is 30.9 Å². The van der Waals surface area contributed by atoms with Crippen LogP contribution >= 0.6 is 0 Å². The summed E-state index contributed by atoms with van der Waals surface area (Å²) in [6.07, 6.45) is 6.48. The van der Waals surface area contributed by atoms with E-state index >= 15 is 0 Å². The minimum Gasteiger partial charge on any atom is -0.384 e. The molecule has 2 aromatic heterocycles. The Morgan fingerprint density at radius 3 is 2.62 bits per heavy atom. The van der Waals surface area contributed by atoms with E-state index in [1.807, 2.05) is 4.57 Å². The number of nitrogens with two attached hydrogens (primary N) is 1. The van der Waals surface area contributed by atoms with Crippen molar-refractivity contribution in [3.63, 3.8) is 0 Å². The number of anilines is 1. The van der Waals surface area contributed by atoms with Crippen LogP contribution in [0.25, 0.3) is 0 Å². The second-order valence-electron chi connectivity index (χ2n) is 4.08. The Labute approximate surface area is 91.9 Å². The molecule has 2 aromatic rings. The summed E-state index contributed by atoms with van der Waals surface area (Å²) in [5.74, 6) is 0.293. The lowest BCUT2D eigenvalue weighted by molar-refractivity contribution is 0.554. The van der Waals surface area contributed by atoms with Gasteiger partial charge in [0.15, 0.2) is 0 Å². The molecule has 5 heteroatoms. The zero-order chi connectivity index (χ0) is 11.2. The number of aromatic nitrogens is 3. The first-order chi connectivity index (χ1) is 7.72. The SMILES string of the molecule is Nc1cncn1C1(c2ccc(F)cn2)CC1. The van der Waals surface area contributed by atoms with Crippen molar-refractivity contribution >= 4 is 5.82 Å². The van der Waals surface area contributed by atoms with Gasteiger partial charge in [-0.05, 0) is 25.0 Å². The first-order valence-corrected chi connectivity index (χ1v) is 5.13. The lowest BCUT2D eigenvalue weighted by Gasteiger charge is -2.17. The maximum absolute atomic E-state index is 12.8. The van der Waals surface area contributed by atoms with Crippen LogP contribution in [0.1, 0.15) is 18.5 Å². The van der Waals surface area contributed by atoms with E-state index in [9.17, 15) is 4.39 Å². The predicted octanol–water partition coefficient (Wildman–Crippen LogP) is 1.54. The van der Waals surface area contributed by atoms with Gasteiger partial charge in [-0.25, -0.2) is 9.37 Å². The summed E-state index contributed by atoms with van der Waals surface area (Å²) in [6.45, 7) is 0. The van der Waals surface area contributed by atoms with Gasteiger partial charge in [-0.2, -0.15) is 0 Å². The summed E-state index contributed by atoms with van der Waals surface area (Å²) in [4.78, 5) is 8.14. The fraction of sp³-hybridized carbons (Fsp3) is 0.273. The summed E-state index contributed by atoms with van der Waals surface area (Å²) in [5, 5.41) is 0. The number of nitrogen functional groups attached to an aromatic ring is 1. The minimum absolute atomic E-state index is 0.200. The Kier molecular flexibility index (Phi) is 1.77. The van der Waals surface area contributed by atoms with Crippen LogP contribution in [0.5, 0.6) is 0 Å². The van der Waals surface area contributed by atoms with Crippen LogP contribution in [-0.2, 0) is 5.54 Å². The van der Waals surface area contributed by atoms with Crippen molar-refractivity contribution in [2.24, 2.45) is 0 Å². The van der Waals surface area contributed by atoms with Crippen molar-refractivity contribution < 1.29 is 4.39 Å². The Balaban J connectivity index is 2.06. The van der Waals surface area contributed by atoms with Crippen molar-refractivity contribution in [3.8, 4) is 0 Å². The van der Waals surface area contributed by atoms with E-state index in [0.29, 0.717) is 5.82 Å². The molecule has 0 unspecified atom stereocenters. The van der Waals surface area contributed by atoms with Crippen LogP contribution in [0.2, 0.25) is 0 Å². The molecule has 4 nitrogen and oxygen atoms in total. The highest BCUT2D eigenvalue weighted by Gasteiger charge is 2.48. The van der Waals surface area contributed by atoms with Crippen LogP contribution in [0.3, 0.4) is 0 Å². The number of nitrogens with zero attached hydrogens (tertiary/aromatic N) is 3. The first kappa shape index (κ1) is 9.33. The smallest absolute Gasteiger partial charge is 0.141 e. The van der Waals surface area contributed by atoms with E-state index in [2.05, 4.69) is 9.97 Å². The zero-order valence-corrected chi connectivity index (χ0v) is 8.60. The minimum atomic E-state index is -0.321. The molecule has 16 heavy (non-hydrogen) atoms. The molecule has 0 atom stereocenters. The molecule has 0 aromatic carbocycles. The third-order valence-electron chi connectivity index (χ3n) is 3.06. The molecule has 3 rings (SSSR count). The molecular weight excluding hydrogens is 207 g/mol. The molecule has 0 saturated heterocycles. The van der Waals surface area contributed by atoms with E-state index in [4.69, 9.17) is 5.73 Å². The standard InChI is InChI=1S/C11H11FN4/c12-8-1-2-9(15-5-8)11(3-4-11)16-7-14-6-10(16)13/h1-2,5-7H,3-4,13H2. The lowest BCUT2D eigenvalue weighted by atomic mass is 10.1. The van der Waals surface area contributed by atoms with Gasteiger partial charge in [0, 0.05) is 0 Å². The summed E-state index contributed by atoms with van der Waals surface area (Å²) in [6, 6.07) is 3.14. The monoisotopic (exact) mass is 218 g/mol. The van der Waals surface area contributed by atoms with E-state index < -0.39 is 0 Å². The number of pyridine rings is 1. The molecule has 1 aliphatic rings. The quantitative estimate of drug-likeness (QED) is 0.831. The van der Waals surface area contributed by atoms with Gasteiger partial charge >= 0.3 is 0 Å². The molecule has 0 spiro atoms. The van der Waals surface area contributed by atoms with Crippen molar-refractivity contribution in [2.75, 3.05) is 5.73 Å². The van der Waals surface area contributed by atoms with E-state index in [1.165, 1.54) is 12.3 Å². The van der Waals surface area contributed by atoms with E-state index in [1.54, 1.807) is 18.6 Å². The summed E-state index contributed by atoms with van der Waals surface area (Å²) in [5.41, 5.74) is 6.48. The van der Waals surface area contributed by atoms with Crippen LogP contribution in [0.4, 0.5) is 10.2 Å². The normalized spacial score (nSPS) is 17.3. The van der Waals surface area contributed by atoms with Crippen molar-refractivity contribution in [1.82, 2.24) is 14.5 Å². The largest absolute Gasteiger partial charge is 0.384 e. The molecule has 2 N–H and O–H groups in total. The average Bonchev–Trinajstić information content (AvgIpc) is 2.97. The van der Waals surface area contributed by atoms with Crippen molar-refractivity contribution in [3.05, 3.63) is 42.4 Å². The molecule has 0 amide bonds. The lowest BCUT2D eigenvalue weighted by Crippen LogP contribution is -2.20. The van der Waals surface area contributed by atoms with Gasteiger partial charge in [0.05, 0.1) is 30.0 Å². The molecule has 82 valence electrons. The second-order valence-corrected chi connectivity index (χ2v) is 4.08. The fourth-order valence-corrected chi connectivity index (χ4v) is 2.05. The average molecular weight is 218 g/mol. The molecule has 0 radical (unpaired) electrons. The Bertz CT molecular complexity index is 513. The van der Waals surface area contributed by atoms with Crippen molar-refractivity contribution in [1.29, 1.82) is 0 Å². The van der Waals surface area contributed by atoms with Gasteiger partial charge in [-0.15, -0.1) is 0 Å². The third kappa shape index (κ3) is 1.21. The van der Waals surface area contributed by atoms with Crippen LogP contribution in [0, 0.1) is 5.82 Å². The summed E-state index contributed by atoms with van der Waals surface area (Å²) in [7, 11) is 0. The highest BCUT2D eigenvalue weighted by Crippen LogP contribution is 2.49. The van der Waals surface area contributed by atoms with Gasteiger partial charge in [0.25, 0.3) is 0 Å².